The SMILES string of the molecule is O=C(O)C(NCc1ccccc1)c1ccc(C(F)(F)F)cc1. The Bertz CT molecular complexity index is 624. The number of benzene rings is 2. The Morgan fingerprint density at radius 2 is 1.64 bits per heavy atom. The van der Waals surface area contributed by atoms with Gasteiger partial charge >= 0.3 is 12.1 Å². The largest absolute Gasteiger partial charge is 0.480 e. The summed E-state index contributed by atoms with van der Waals surface area (Å²) in [7, 11) is 0. The molecule has 1 atom stereocenters. The summed E-state index contributed by atoms with van der Waals surface area (Å²) in [6, 6.07) is 12.2. The van der Waals surface area contributed by atoms with Crippen LogP contribution in [0.4, 0.5) is 13.2 Å². The summed E-state index contributed by atoms with van der Waals surface area (Å²) in [6.45, 7) is 0.304. The molecule has 0 radical (unpaired) electrons. The standard InChI is InChI=1S/C16H14F3NO2/c17-16(18,19)13-8-6-12(7-9-13)14(15(21)22)20-10-11-4-2-1-3-5-11/h1-9,14,20H,10H2,(H,21,22). The minimum atomic E-state index is -4.44. The molecule has 2 aromatic rings. The van der Waals surface area contributed by atoms with Crippen LogP contribution in [0, 0.1) is 0 Å². The highest BCUT2D eigenvalue weighted by atomic mass is 19.4. The average molecular weight is 309 g/mol. The lowest BCUT2D eigenvalue weighted by Gasteiger charge is -2.16. The first-order chi connectivity index (χ1) is 10.4. The Morgan fingerprint density at radius 1 is 1.05 bits per heavy atom. The molecule has 0 aromatic heterocycles. The first-order valence-corrected chi connectivity index (χ1v) is 6.55. The quantitative estimate of drug-likeness (QED) is 0.887. The molecule has 0 bridgehead atoms. The van der Waals surface area contributed by atoms with E-state index in [1.165, 1.54) is 12.1 Å². The zero-order valence-electron chi connectivity index (χ0n) is 11.5. The van der Waals surface area contributed by atoms with Gasteiger partial charge in [-0.2, -0.15) is 13.2 Å². The zero-order chi connectivity index (χ0) is 16.2. The monoisotopic (exact) mass is 309 g/mol. The number of carboxylic acids is 1. The zero-order valence-corrected chi connectivity index (χ0v) is 11.5. The first-order valence-electron chi connectivity index (χ1n) is 6.55. The second kappa shape index (κ2) is 6.62. The van der Waals surface area contributed by atoms with Gasteiger partial charge in [-0.25, -0.2) is 0 Å². The molecular formula is C16H14F3NO2. The predicted molar refractivity (Wildman–Crippen MR) is 75.1 cm³/mol. The van der Waals surface area contributed by atoms with E-state index < -0.39 is 23.8 Å². The molecule has 1 unspecified atom stereocenters. The molecule has 0 heterocycles. The second-order valence-corrected chi connectivity index (χ2v) is 4.76. The van der Waals surface area contributed by atoms with Crippen molar-refractivity contribution < 1.29 is 23.1 Å². The molecule has 116 valence electrons. The molecule has 3 nitrogen and oxygen atoms in total. The minimum Gasteiger partial charge on any atom is -0.480 e. The van der Waals surface area contributed by atoms with E-state index in [1.807, 2.05) is 30.3 Å². The van der Waals surface area contributed by atoms with Crippen LogP contribution in [0.15, 0.2) is 54.6 Å². The molecule has 0 saturated carbocycles. The van der Waals surface area contributed by atoms with Crippen LogP contribution in [0.3, 0.4) is 0 Å². The summed E-state index contributed by atoms with van der Waals surface area (Å²) in [5, 5.41) is 12.1. The molecule has 6 heteroatoms. The molecular weight excluding hydrogens is 295 g/mol. The van der Waals surface area contributed by atoms with Gasteiger partial charge < -0.3 is 5.11 Å². The molecule has 0 aliphatic carbocycles. The van der Waals surface area contributed by atoms with E-state index in [0.29, 0.717) is 6.54 Å². The molecule has 0 aliphatic heterocycles. The smallest absolute Gasteiger partial charge is 0.416 e. The van der Waals surface area contributed by atoms with Crippen molar-refractivity contribution >= 4 is 5.97 Å². The minimum absolute atomic E-state index is 0.274. The summed E-state index contributed by atoms with van der Waals surface area (Å²) in [4.78, 5) is 11.3. The molecule has 2 N–H and O–H groups in total. The molecule has 2 rings (SSSR count). The summed E-state index contributed by atoms with van der Waals surface area (Å²) >= 11 is 0. The number of rotatable bonds is 5. The Kier molecular flexibility index (Phi) is 4.82. The van der Waals surface area contributed by atoms with Gasteiger partial charge in [0.05, 0.1) is 5.56 Å². The van der Waals surface area contributed by atoms with Crippen LogP contribution in [-0.4, -0.2) is 11.1 Å². The lowest BCUT2D eigenvalue weighted by atomic mass is 10.0. The van der Waals surface area contributed by atoms with E-state index in [1.54, 1.807) is 0 Å². The topological polar surface area (TPSA) is 49.3 Å². The normalized spacial score (nSPS) is 12.9. The van der Waals surface area contributed by atoms with Gasteiger partial charge in [0.15, 0.2) is 0 Å². The highest BCUT2D eigenvalue weighted by Crippen LogP contribution is 2.30. The molecule has 0 spiro atoms. The van der Waals surface area contributed by atoms with Crippen LogP contribution in [0.2, 0.25) is 0 Å². The molecule has 0 fully saturated rings. The summed E-state index contributed by atoms with van der Waals surface area (Å²) in [5.74, 6) is -1.14. The van der Waals surface area contributed by atoms with Gasteiger partial charge in [-0.15, -0.1) is 0 Å². The summed E-state index contributed by atoms with van der Waals surface area (Å²) in [6.07, 6.45) is -4.44. The number of carboxylic acid groups (broad SMARTS) is 1. The molecule has 0 aliphatic rings. The van der Waals surface area contributed by atoms with Crippen LogP contribution in [0.1, 0.15) is 22.7 Å². The van der Waals surface area contributed by atoms with Crippen LogP contribution in [-0.2, 0) is 17.5 Å². The number of hydrogen-bond acceptors (Lipinski definition) is 2. The number of alkyl halides is 3. The Balaban J connectivity index is 2.13. The number of aliphatic carboxylic acids is 1. The average Bonchev–Trinajstić information content (AvgIpc) is 2.48. The van der Waals surface area contributed by atoms with Gasteiger partial charge in [0.25, 0.3) is 0 Å². The Labute approximate surface area is 125 Å². The van der Waals surface area contributed by atoms with Gasteiger partial charge in [0, 0.05) is 6.54 Å². The molecule has 0 amide bonds. The fourth-order valence-electron chi connectivity index (χ4n) is 2.03. The lowest BCUT2D eigenvalue weighted by molar-refractivity contribution is -0.139. The van der Waals surface area contributed by atoms with Crippen molar-refractivity contribution in [3.63, 3.8) is 0 Å². The maximum absolute atomic E-state index is 12.5. The predicted octanol–water partition coefficient (Wildman–Crippen LogP) is 3.62. The van der Waals surface area contributed by atoms with Gasteiger partial charge in [-0.1, -0.05) is 42.5 Å². The summed E-state index contributed by atoms with van der Waals surface area (Å²) < 4.78 is 37.6. The number of hydrogen-bond donors (Lipinski definition) is 2. The van der Waals surface area contributed by atoms with E-state index in [2.05, 4.69) is 5.32 Å². The van der Waals surface area contributed by atoms with Gasteiger partial charge in [-0.05, 0) is 23.3 Å². The van der Waals surface area contributed by atoms with E-state index in [9.17, 15) is 23.1 Å². The van der Waals surface area contributed by atoms with E-state index in [4.69, 9.17) is 0 Å². The van der Waals surface area contributed by atoms with E-state index in [0.717, 1.165) is 17.7 Å². The summed E-state index contributed by atoms with van der Waals surface area (Å²) in [5.41, 5.74) is 0.362. The lowest BCUT2D eigenvalue weighted by Crippen LogP contribution is -2.28. The third-order valence-corrected chi connectivity index (χ3v) is 3.17. The Morgan fingerprint density at radius 3 is 2.14 bits per heavy atom. The maximum atomic E-state index is 12.5. The number of carbonyl (C=O) groups is 1. The van der Waals surface area contributed by atoms with Crippen LogP contribution < -0.4 is 5.32 Å². The first kappa shape index (κ1) is 16.0. The van der Waals surface area contributed by atoms with Crippen molar-refractivity contribution in [2.24, 2.45) is 0 Å². The van der Waals surface area contributed by atoms with Crippen molar-refractivity contribution in [2.45, 2.75) is 18.8 Å². The fraction of sp³-hybridized carbons (Fsp3) is 0.188. The third kappa shape index (κ3) is 4.08. The second-order valence-electron chi connectivity index (χ2n) is 4.76. The van der Waals surface area contributed by atoms with Gasteiger partial charge in [-0.3, -0.25) is 10.1 Å². The number of nitrogens with one attached hydrogen (secondary N) is 1. The van der Waals surface area contributed by atoms with E-state index in [-0.39, 0.29) is 5.56 Å². The third-order valence-electron chi connectivity index (χ3n) is 3.17. The van der Waals surface area contributed by atoms with Gasteiger partial charge in [0.2, 0.25) is 0 Å². The van der Waals surface area contributed by atoms with Crippen LogP contribution in [0.5, 0.6) is 0 Å². The Hall–Kier alpha value is -2.34. The van der Waals surface area contributed by atoms with Crippen molar-refractivity contribution in [1.82, 2.24) is 5.32 Å². The van der Waals surface area contributed by atoms with Crippen molar-refractivity contribution in [1.29, 1.82) is 0 Å². The molecule has 2 aromatic carbocycles. The van der Waals surface area contributed by atoms with Crippen LogP contribution in [0.25, 0.3) is 0 Å². The highest BCUT2D eigenvalue weighted by molar-refractivity contribution is 5.75. The van der Waals surface area contributed by atoms with Gasteiger partial charge in [0.1, 0.15) is 6.04 Å². The van der Waals surface area contributed by atoms with Crippen molar-refractivity contribution in [3.8, 4) is 0 Å². The maximum Gasteiger partial charge on any atom is 0.416 e. The van der Waals surface area contributed by atoms with Crippen molar-refractivity contribution in [2.75, 3.05) is 0 Å². The van der Waals surface area contributed by atoms with Crippen molar-refractivity contribution in [3.05, 3.63) is 71.3 Å². The molecule has 0 saturated heterocycles. The van der Waals surface area contributed by atoms with Crippen LogP contribution >= 0.6 is 0 Å². The fourth-order valence-corrected chi connectivity index (χ4v) is 2.03. The van der Waals surface area contributed by atoms with E-state index >= 15 is 0 Å². The highest BCUT2D eigenvalue weighted by Gasteiger charge is 2.30. The molecule has 22 heavy (non-hydrogen) atoms. The number of halogens is 3.